The molecule has 0 atom stereocenters. The first-order chi connectivity index (χ1) is 5.70. The van der Waals surface area contributed by atoms with Crippen LogP contribution in [0.1, 0.15) is 26.7 Å². The van der Waals surface area contributed by atoms with E-state index in [2.05, 4.69) is 13.8 Å². The van der Waals surface area contributed by atoms with Crippen molar-refractivity contribution in [1.82, 2.24) is 9.80 Å². The maximum absolute atomic E-state index is 11.7. The molecule has 0 aromatic carbocycles. The molecule has 12 heavy (non-hydrogen) atoms. The quantitative estimate of drug-likeness (QED) is 0.609. The van der Waals surface area contributed by atoms with Crippen molar-refractivity contribution < 1.29 is 4.79 Å². The number of carbonyl (C=O) groups excluding carboxylic acids is 1. The van der Waals surface area contributed by atoms with Crippen molar-refractivity contribution in [2.75, 3.05) is 13.1 Å². The smallest absolute Gasteiger partial charge is 0.320 e. The van der Waals surface area contributed by atoms with Crippen molar-refractivity contribution >= 4 is 6.03 Å². The summed E-state index contributed by atoms with van der Waals surface area (Å²) in [5, 5.41) is 0. The van der Waals surface area contributed by atoms with Crippen LogP contribution in [-0.2, 0) is 0 Å². The minimum absolute atomic E-state index is 0.257. The highest BCUT2D eigenvalue weighted by Crippen LogP contribution is 2.30. The molecule has 3 nitrogen and oxygen atoms in total. The van der Waals surface area contributed by atoms with Crippen LogP contribution >= 0.6 is 0 Å². The number of carbonyl (C=O) groups is 1. The first-order valence-electron chi connectivity index (χ1n) is 4.77. The Bertz CT molecular complexity index is 187. The zero-order valence-electron chi connectivity index (χ0n) is 7.79. The van der Waals surface area contributed by atoms with E-state index in [0.29, 0.717) is 12.1 Å². The van der Waals surface area contributed by atoms with Gasteiger partial charge in [-0.15, -0.1) is 0 Å². The first kappa shape index (κ1) is 7.90. The lowest BCUT2D eigenvalue weighted by molar-refractivity contribution is 0.181. The maximum Gasteiger partial charge on any atom is 0.320 e. The summed E-state index contributed by atoms with van der Waals surface area (Å²) < 4.78 is 0. The summed E-state index contributed by atoms with van der Waals surface area (Å²) in [6.45, 7) is 6.03. The monoisotopic (exact) mass is 168 g/mol. The van der Waals surface area contributed by atoms with E-state index >= 15 is 0 Å². The molecule has 0 aromatic rings. The highest BCUT2D eigenvalue weighted by atomic mass is 16.2. The van der Waals surface area contributed by atoms with Gasteiger partial charge >= 0.3 is 6.03 Å². The topological polar surface area (TPSA) is 23.6 Å². The highest BCUT2D eigenvalue weighted by Gasteiger charge is 2.39. The third-order valence-corrected chi connectivity index (χ3v) is 2.68. The van der Waals surface area contributed by atoms with Gasteiger partial charge in [0.15, 0.2) is 0 Å². The molecule has 0 spiro atoms. The Hall–Kier alpha value is -0.730. The van der Waals surface area contributed by atoms with Gasteiger partial charge in [0.25, 0.3) is 0 Å². The van der Waals surface area contributed by atoms with Gasteiger partial charge < -0.3 is 9.80 Å². The molecule has 2 rings (SSSR count). The molecular formula is C9H16N2O. The Labute approximate surface area is 73.3 Å². The summed E-state index contributed by atoms with van der Waals surface area (Å²) in [5.74, 6) is 0. The molecule has 3 heteroatoms. The lowest BCUT2D eigenvalue weighted by Crippen LogP contribution is -2.37. The minimum atomic E-state index is 0.257. The summed E-state index contributed by atoms with van der Waals surface area (Å²) in [4.78, 5) is 15.7. The van der Waals surface area contributed by atoms with Crippen molar-refractivity contribution in [2.24, 2.45) is 0 Å². The molecule has 0 aromatic heterocycles. The molecule has 0 bridgehead atoms. The van der Waals surface area contributed by atoms with E-state index in [-0.39, 0.29) is 6.03 Å². The number of hydrogen-bond donors (Lipinski definition) is 0. The van der Waals surface area contributed by atoms with Gasteiger partial charge in [-0.1, -0.05) is 0 Å². The van der Waals surface area contributed by atoms with Crippen molar-refractivity contribution in [2.45, 2.75) is 38.8 Å². The Morgan fingerprint density at radius 3 is 2.42 bits per heavy atom. The standard InChI is InChI=1S/C9H16N2O/c1-7(2)10-5-6-11(9(10)12)8-3-4-8/h7-8H,3-6H2,1-2H3. The van der Waals surface area contributed by atoms with E-state index in [1.165, 1.54) is 12.8 Å². The van der Waals surface area contributed by atoms with Crippen LogP contribution in [0, 0.1) is 0 Å². The third kappa shape index (κ3) is 1.17. The lowest BCUT2D eigenvalue weighted by atomic mass is 10.3. The molecule has 0 N–H and O–H groups in total. The normalized spacial score (nSPS) is 24.4. The molecule has 1 aliphatic heterocycles. The van der Waals surface area contributed by atoms with Gasteiger partial charge in [-0.05, 0) is 26.7 Å². The van der Waals surface area contributed by atoms with E-state index in [4.69, 9.17) is 0 Å². The fourth-order valence-electron chi connectivity index (χ4n) is 1.78. The molecule has 1 saturated heterocycles. The van der Waals surface area contributed by atoms with E-state index in [0.717, 1.165) is 13.1 Å². The summed E-state index contributed by atoms with van der Waals surface area (Å²) in [6.07, 6.45) is 2.44. The Balaban J connectivity index is 2.00. The molecule has 2 fully saturated rings. The zero-order chi connectivity index (χ0) is 8.72. The summed E-state index contributed by atoms with van der Waals surface area (Å²) >= 11 is 0. The first-order valence-corrected chi connectivity index (χ1v) is 4.77. The van der Waals surface area contributed by atoms with Gasteiger partial charge in [0.1, 0.15) is 0 Å². The van der Waals surface area contributed by atoms with Gasteiger partial charge in [0, 0.05) is 25.2 Å². The van der Waals surface area contributed by atoms with E-state index in [1.807, 2.05) is 9.80 Å². The second kappa shape index (κ2) is 2.64. The van der Waals surface area contributed by atoms with Crippen LogP contribution in [0.25, 0.3) is 0 Å². The molecule has 1 heterocycles. The molecule has 68 valence electrons. The Kier molecular flexibility index (Phi) is 1.74. The van der Waals surface area contributed by atoms with Crippen LogP contribution in [0.4, 0.5) is 4.79 Å². The van der Waals surface area contributed by atoms with E-state index < -0.39 is 0 Å². The van der Waals surface area contributed by atoms with Crippen LogP contribution in [0.15, 0.2) is 0 Å². The molecule has 0 unspecified atom stereocenters. The van der Waals surface area contributed by atoms with Crippen LogP contribution in [-0.4, -0.2) is 41.0 Å². The summed E-state index contributed by atoms with van der Waals surface area (Å²) in [6, 6.07) is 1.20. The predicted molar refractivity (Wildman–Crippen MR) is 47.0 cm³/mol. The number of rotatable bonds is 2. The van der Waals surface area contributed by atoms with Gasteiger partial charge in [0.05, 0.1) is 0 Å². The minimum Gasteiger partial charge on any atom is -0.320 e. The molecule has 2 aliphatic rings. The van der Waals surface area contributed by atoms with E-state index in [9.17, 15) is 4.79 Å². The molecule has 1 aliphatic carbocycles. The largest absolute Gasteiger partial charge is 0.320 e. The van der Waals surface area contributed by atoms with Crippen LogP contribution in [0.2, 0.25) is 0 Å². The van der Waals surface area contributed by atoms with Crippen LogP contribution in [0.3, 0.4) is 0 Å². The number of nitrogens with zero attached hydrogens (tertiary/aromatic N) is 2. The van der Waals surface area contributed by atoms with Gasteiger partial charge in [-0.2, -0.15) is 0 Å². The molecular weight excluding hydrogens is 152 g/mol. The highest BCUT2D eigenvalue weighted by molar-refractivity contribution is 5.77. The van der Waals surface area contributed by atoms with E-state index in [1.54, 1.807) is 0 Å². The average Bonchev–Trinajstić information content (AvgIpc) is 2.75. The van der Waals surface area contributed by atoms with Crippen molar-refractivity contribution in [1.29, 1.82) is 0 Å². The lowest BCUT2D eigenvalue weighted by Gasteiger charge is -2.21. The molecule has 0 radical (unpaired) electrons. The van der Waals surface area contributed by atoms with Crippen LogP contribution < -0.4 is 0 Å². The molecule has 2 amide bonds. The van der Waals surface area contributed by atoms with Crippen molar-refractivity contribution in [3.63, 3.8) is 0 Å². The van der Waals surface area contributed by atoms with Crippen molar-refractivity contribution in [3.05, 3.63) is 0 Å². The third-order valence-electron chi connectivity index (χ3n) is 2.68. The Morgan fingerprint density at radius 2 is 2.00 bits per heavy atom. The van der Waals surface area contributed by atoms with Crippen LogP contribution in [0.5, 0.6) is 0 Å². The number of amides is 2. The average molecular weight is 168 g/mol. The fraction of sp³-hybridized carbons (Fsp3) is 0.889. The zero-order valence-corrected chi connectivity index (χ0v) is 7.79. The van der Waals surface area contributed by atoms with Gasteiger partial charge in [0.2, 0.25) is 0 Å². The summed E-state index contributed by atoms with van der Waals surface area (Å²) in [5.41, 5.74) is 0. The molecule has 1 saturated carbocycles. The summed E-state index contributed by atoms with van der Waals surface area (Å²) in [7, 11) is 0. The van der Waals surface area contributed by atoms with Gasteiger partial charge in [-0.25, -0.2) is 4.79 Å². The second-order valence-electron chi connectivity index (χ2n) is 3.99. The van der Waals surface area contributed by atoms with Crippen molar-refractivity contribution in [3.8, 4) is 0 Å². The Morgan fingerprint density at radius 1 is 1.33 bits per heavy atom. The SMILES string of the molecule is CC(C)N1CCN(C2CC2)C1=O. The number of hydrogen-bond acceptors (Lipinski definition) is 1. The number of urea groups is 1. The second-order valence-corrected chi connectivity index (χ2v) is 3.99. The fourth-order valence-corrected chi connectivity index (χ4v) is 1.78. The maximum atomic E-state index is 11.7. The predicted octanol–water partition coefficient (Wildman–Crippen LogP) is 1.29. The van der Waals surface area contributed by atoms with Gasteiger partial charge in [-0.3, -0.25) is 0 Å².